The van der Waals surface area contributed by atoms with Gasteiger partial charge in [-0.1, -0.05) is 23.2 Å². The van der Waals surface area contributed by atoms with Gasteiger partial charge < -0.3 is 5.11 Å². The van der Waals surface area contributed by atoms with Gasteiger partial charge in [0.05, 0.1) is 31.9 Å². The van der Waals surface area contributed by atoms with E-state index in [1.807, 2.05) is 0 Å². The van der Waals surface area contributed by atoms with Crippen LogP contribution in [0.3, 0.4) is 0 Å². The van der Waals surface area contributed by atoms with Crippen molar-refractivity contribution in [2.45, 2.75) is 6.92 Å². The van der Waals surface area contributed by atoms with E-state index in [4.69, 9.17) is 23.2 Å². The lowest BCUT2D eigenvalue weighted by Gasteiger charge is -2.12. The van der Waals surface area contributed by atoms with Gasteiger partial charge in [-0.2, -0.15) is 10.1 Å². The van der Waals surface area contributed by atoms with Crippen LogP contribution in [-0.2, 0) is 4.79 Å². The second kappa shape index (κ2) is 6.78. The summed E-state index contributed by atoms with van der Waals surface area (Å²) in [7, 11) is 0. The van der Waals surface area contributed by atoms with Crippen LogP contribution < -0.4 is 5.01 Å². The molecular weight excluding hydrogens is 381 g/mol. The number of hydrazone groups is 1. The molecule has 3 rings (SSSR count). The summed E-state index contributed by atoms with van der Waals surface area (Å²) in [6, 6.07) is 8.21. The zero-order chi connectivity index (χ0) is 19.0. The first-order chi connectivity index (χ1) is 12.3. The van der Waals surface area contributed by atoms with Crippen molar-refractivity contribution in [3.63, 3.8) is 0 Å². The summed E-state index contributed by atoms with van der Waals surface area (Å²) in [5.74, 6) is -0.636. The summed E-state index contributed by atoms with van der Waals surface area (Å²) in [5, 5.41) is 26.8. The number of nitro groups is 1. The molecule has 2 aromatic rings. The third kappa shape index (κ3) is 3.26. The third-order valence-corrected chi connectivity index (χ3v) is 4.47. The SMILES string of the molecule is CC1=NN(c2ccc(Cl)c(Cl)c2)C(=O)/C1=C/c1cc([N+](=O)[O-])ccc1O. The minimum atomic E-state index is -0.582. The van der Waals surface area contributed by atoms with E-state index >= 15 is 0 Å². The van der Waals surface area contributed by atoms with Gasteiger partial charge in [0.15, 0.2) is 0 Å². The number of carbonyl (C=O) groups is 1. The Morgan fingerprint density at radius 3 is 2.58 bits per heavy atom. The van der Waals surface area contributed by atoms with Crippen LogP contribution in [0.4, 0.5) is 11.4 Å². The van der Waals surface area contributed by atoms with Gasteiger partial charge in [0.25, 0.3) is 11.6 Å². The van der Waals surface area contributed by atoms with Crippen molar-refractivity contribution in [2.24, 2.45) is 5.10 Å². The van der Waals surface area contributed by atoms with E-state index < -0.39 is 10.8 Å². The Morgan fingerprint density at radius 2 is 1.92 bits per heavy atom. The summed E-state index contributed by atoms with van der Waals surface area (Å²) in [6.07, 6.45) is 1.36. The van der Waals surface area contributed by atoms with Crippen LogP contribution in [0.1, 0.15) is 12.5 Å². The molecular formula is C17H11Cl2N3O4. The molecule has 7 nitrogen and oxygen atoms in total. The fraction of sp³-hybridized carbons (Fsp3) is 0.0588. The van der Waals surface area contributed by atoms with Crippen molar-refractivity contribution in [1.29, 1.82) is 0 Å². The van der Waals surface area contributed by atoms with E-state index in [-0.39, 0.29) is 27.6 Å². The minimum absolute atomic E-state index is 0.146. The van der Waals surface area contributed by atoms with Gasteiger partial charge in [-0.15, -0.1) is 0 Å². The van der Waals surface area contributed by atoms with Crippen molar-refractivity contribution in [3.8, 4) is 5.75 Å². The zero-order valence-electron chi connectivity index (χ0n) is 13.3. The maximum atomic E-state index is 12.7. The molecule has 0 saturated heterocycles. The lowest BCUT2D eigenvalue weighted by Crippen LogP contribution is -2.21. The van der Waals surface area contributed by atoms with Gasteiger partial charge in [-0.05, 0) is 37.3 Å². The second-order valence-corrected chi connectivity index (χ2v) is 6.27. The monoisotopic (exact) mass is 391 g/mol. The molecule has 0 aromatic heterocycles. The number of hydrogen-bond acceptors (Lipinski definition) is 5. The Kier molecular flexibility index (Phi) is 4.67. The second-order valence-electron chi connectivity index (χ2n) is 5.46. The van der Waals surface area contributed by atoms with Gasteiger partial charge in [0.2, 0.25) is 0 Å². The van der Waals surface area contributed by atoms with Crippen LogP contribution in [-0.4, -0.2) is 21.6 Å². The Bertz CT molecular complexity index is 1000. The lowest BCUT2D eigenvalue weighted by molar-refractivity contribution is -0.384. The van der Waals surface area contributed by atoms with E-state index in [0.717, 1.165) is 5.01 Å². The van der Waals surface area contributed by atoms with Crippen molar-refractivity contribution in [3.05, 3.63) is 67.7 Å². The van der Waals surface area contributed by atoms with Crippen molar-refractivity contribution >= 4 is 52.3 Å². The van der Waals surface area contributed by atoms with Crippen molar-refractivity contribution in [2.75, 3.05) is 5.01 Å². The first-order valence-electron chi connectivity index (χ1n) is 7.32. The van der Waals surface area contributed by atoms with E-state index in [2.05, 4.69) is 5.10 Å². The van der Waals surface area contributed by atoms with Crippen molar-refractivity contribution < 1.29 is 14.8 Å². The number of nitro benzene ring substituents is 1. The fourth-order valence-electron chi connectivity index (χ4n) is 2.40. The van der Waals surface area contributed by atoms with E-state index in [1.54, 1.807) is 19.1 Å². The Balaban J connectivity index is 2.00. The summed E-state index contributed by atoms with van der Waals surface area (Å²) in [5.41, 5.74) is 0.971. The van der Waals surface area contributed by atoms with Crippen LogP contribution in [0.25, 0.3) is 6.08 Å². The Labute approximate surface area is 157 Å². The van der Waals surface area contributed by atoms with E-state index in [0.29, 0.717) is 16.4 Å². The quantitative estimate of drug-likeness (QED) is 0.475. The highest BCUT2D eigenvalue weighted by atomic mass is 35.5. The molecule has 0 saturated carbocycles. The number of anilines is 1. The molecule has 1 heterocycles. The highest BCUT2D eigenvalue weighted by Gasteiger charge is 2.29. The van der Waals surface area contributed by atoms with Gasteiger partial charge in [-0.25, -0.2) is 0 Å². The molecule has 0 spiro atoms. The summed E-state index contributed by atoms with van der Waals surface area (Å²) < 4.78 is 0. The van der Waals surface area contributed by atoms with Crippen LogP contribution in [0.15, 0.2) is 47.1 Å². The number of halogens is 2. The summed E-state index contributed by atoms with van der Waals surface area (Å²) >= 11 is 11.9. The maximum absolute atomic E-state index is 12.7. The molecule has 26 heavy (non-hydrogen) atoms. The van der Waals surface area contributed by atoms with Crippen LogP contribution in [0, 0.1) is 10.1 Å². The molecule has 0 radical (unpaired) electrons. The first kappa shape index (κ1) is 17.9. The molecule has 0 fully saturated rings. The number of rotatable bonds is 3. The van der Waals surface area contributed by atoms with Gasteiger partial charge in [0, 0.05) is 17.7 Å². The topological polar surface area (TPSA) is 96.0 Å². The molecule has 0 atom stereocenters. The molecule has 1 aliphatic heterocycles. The molecule has 0 bridgehead atoms. The molecule has 1 N–H and O–H groups in total. The average Bonchev–Trinajstić information content (AvgIpc) is 2.87. The largest absolute Gasteiger partial charge is 0.507 e. The molecule has 132 valence electrons. The van der Waals surface area contributed by atoms with E-state index in [9.17, 15) is 20.0 Å². The normalized spacial score (nSPS) is 15.5. The number of carbonyl (C=O) groups excluding carboxylic acids is 1. The molecule has 1 aliphatic rings. The standard InChI is InChI=1S/C17H11Cl2N3O4/c1-9-13(7-10-6-12(22(25)26)3-5-16(10)23)17(24)21(20-9)11-2-4-14(18)15(19)8-11/h2-8,23H,1H3/b13-7+. The summed E-state index contributed by atoms with van der Waals surface area (Å²) in [4.78, 5) is 23.0. The minimum Gasteiger partial charge on any atom is -0.507 e. The number of aromatic hydroxyl groups is 1. The maximum Gasteiger partial charge on any atom is 0.280 e. The van der Waals surface area contributed by atoms with Gasteiger partial charge in [-0.3, -0.25) is 14.9 Å². The third-order valence-electron chi connectivity index (χ3n) is 3.73. The number of nitrogens with zero attached hydrogens (tertiary/aromatic N) is 3. The zero-order valence-corrected chi connectivity index (χ0v) is 14.8. The highest BCUT2D eigenvalue weighted by molar-refractivity contribution is 6.42. The summed E-state index contributed by atoms with van der Waals surface area (Å²) in [6.45, 7) is 1.62. The Hall–Kier alpha value is -2.90. The van der Waals surface area contributed by atoms with Crippen molar-refractivity contribution in [1.82, 2.24) is 0 Å². The van der Waals surface area contributed by atoms with Gasteiger partial charge in [0.1, 0.15) is 5.75 Å². The predicted molar refractivity (Wildman–Crippen MR) is 99.8 cm³/mol. The molecule has 0 aliphatic carbocycles. The van der Waals surface area contributed by atoms with Gasteiger partial charge >= 0.3 is 0 Å². The molecule has 0 unspecified atom stereocenters. The first-order valence-corrected chi connectivity index (χ1v) is 8.07. The highest BCUT2D eigenvalue weighted by Crippen LogP contribution is 2.32. The predicted octanol–water partition coefficient (Wildman–Crippen LogP) is 4.41. The van der Waals surface area contributed by atoms with Crippen LogP contribution >= 0.6 is 23.2 Å². The van der Waals surface area contributed by atoms with Crippen LogP contribution in [0.5, 0.6) is 5.75 Å². The van der Waals surface area contributed by atoms with Crippen LogP contribution in [0.2, 0.25) is 10.0 Å². The average molecular weight is 392 g/mol. The number of phenolic OH excluding ortho intramolecular Hbond substituents is 1. The Morgan fingerprint density at radius 1 is 1.19 bits per heavy atom. The lowest BCUT2D eigenvalue weighted by atomic mass is 10.1. The number of amides is 1. The number of benzene rings is 2. The number of phenols is 1. The molecule has 9 heteroatoms. The smallest absolute Gasteiger partial charge is 0.280 e. The number of non-ortho nitro benzene ring substituents is 1. The number of hydrogen-bond donors (Lipinski definition) is 1. The molecule has 2 aromatic carbocycles. The van der Waals surface area contributed by atoms with E-state index in [1.165, 1.54) is 30.3 Å². The molecule has 1 amide bonds. The fourth-order valence-corrected chi connectivity index (χ4v) is 2.70.